The van der Waals surface area contributed by atoms with Gasteiger partial charge in [0.2, 0.25) is 5.76 Å². The molecule has 25 heavy (non-hydrogen) atoms. The molecule has 1 rings (SSSR count). The molecule has 0 spiro atoms. The highest BCUT2D eigenvalue weighted by Crippen LogP contribution is 2.28. The van der Waals surface area contributed by atoms with Crippen LogP contribution in [0.3, 0.4) is 0 Å². The molecule has 0 saturated heterocycles. The normalized spacial score (nSPS) is 19.1. The Morgan fingerprint density at radius 2 is 1.80 bits per heavy atom. The van der Waals surface area contributed by atoms with Crippen molar-refractivity contribution in [2.75, 3.05) is 19.8 Å². The van der Waals surface area contributed by atoms with E-state index in [0.717, 1.165) is 19.3 Å². The molecular weight excluding hydrogens is 328 g/mol. The molecule has 3 N–H and O–H groups in total. The average Bonchev–Trinajstić information content (AvgIpc) is 2.86. The van der Waals surface area contributed by atoms with Crippen molar-refractivity contribution in [2.24, 2.45) is 0 Å². The molecule has 0 aromatic rings. The number of rotatable bonds is 13. The third-order valence-electron chi connectivity index (χ3n) is 3.76. The summed E-state index contributed by atoms with van der Waals surface area (Å²) in [6.07, 6.45) is 4.08. The van der Waals surface area contributed by atoms with Crippen molar-refractivity contribution in [3.63, 3.8) is 0 Å². The number of hydrogen-bond acceptors (Lipinski definition) is 7. The Bertz CT molecular complexity index is 439. The summed E-state index contributed by atoms with van der Waals surface area (Å²) < 4.78 is 16.1. The van der Waals surface area contributed by atoms with E-state index in [-0.39, 0.29) is 18.1 Å². The lowest BCUT2D eigenvalue weighted by Gasteiger charge is -2.22. The molecule has 0 unspecified atom stereocenters. The Kier molecular flexibility index (Phi) is 9.24. The lowest BCUT2D eigenvalue weighted by atomic mass is 10.1. The number of ether oxygens (including phenoxy) is 3. The second-order valence-corrected chi connectivity index (χ2v) is 6.99. The second kappa shape index (κ2) is 10.6. The van der Waals surface area contributed by atoms with Gasteiger partial charge in [0.25, 0.3) is 0 Å². The fraction of sp³-hybridized carbons (Fsp3) is 0.833. The van der Waals surface area contributed by atoms with Gasteiger partial charge in [-0.25, -0.2) is 4.79 Å². The Hall–Kier alpha value is -1.31. The highest BCUT2D eigenvalue weighted by atomic mass is 16.6. The van der Waals surface area contributed by atoms with Gasteiger partial charge < -0.3 is 29.5 Å². The minimum atomic E-state index is -1.31. The summed E-state index contributed by atoms with van der Waals surface area (Å²) in [7, 11) is 0. The maximum atomic E-state index is 12.0. The zero-order valence-corrected chi connectivity index (χ0v) is 15.5. The van der Waals surface area contributed by atoms with Gasteiger partial charge >= 0.3 is 5.97 Å². The van der Waals surface area contributed by atoms with Crippen molar-refractivity contribution in [1.29, 1.82) is 0 Å². The molecule has 146 valence electrons. The number of carbonyl (C=O) groups excluding carboxylic acids is 1. The maximum Gasteiger partial charge on any atom is 0.378 e. The number of carbonyl (C=O) groups is 1. The van der Waals surface area contributed by atoms with Crippen LogP contribution in [0.1, 0.15) is 59.3 Å². The van der Waals surface area contributed by atoms with Crippen molar-refractivity contribution in [3.8, 4) is 0 Å². The molecule has 1 aliphatic rings. The first-order valence-electron chi connectivity index (χ1n) is 9.02. The second-order valence-electron chi connectivity index (χ2n) is 6.99. The molecule has 0 radical (unpaired) electrons. The highest BCUT2D eigenvalue weighted by Gasteiger charge is 2.42. The van der Waals surface area contributed by atoms with Crippen molar-refractivity contribution in [3.05, 3.63) is 11.5 Å². The molecule has 7 nitrogen and oxygen atoms in total. The first kappa shape index (κ1) is 21.7. The monoisotopic (exact) mass is 360 g/mol. The SMILES string of the molecule is CCCCCCCCOC1=C(OCC(C)(C)O)[C@@H]([C@@H](O)CO)OC1=O. The fourth-order valence-corrected chi connectivity index (χ4v) is 2.39. The molecule has 0 fully saturated rings. The highest BCUT2D eigenvalue weighted by molar-refractivity contribution is 5.89. The van der Waals surface area contributed by atoms with Crippen molar-refractivity contribution >= 4 is 5.97 Å². The van der Waals surface area contributed by atoms with Gasteiger partial charge in [0, 0.05) is 0 Å². The number of cyclic esters (lactones) is 1. The predicted molar refractivity (Wildman–Crippen MR) is 91.6 cm³/mol. The van der Waals surface area contributed by atoms with Gasteiger partial charge in [-0.1, -0.05) is 39.0 Å². The van der Waals surface area contributed by atoms with E-state index < -0.39 is 30.4 Å². The molecule has 0 aliphatic carbocycles. The molecule has 0 saturated carbocycles. The molecular formula is C18H32O7. The predicted octanol–water partition coefficient (Wildman–Crippen LogP) is 1.64. The number of hydrogen-bond donors (Lipinski definition) is 3. The summed E-state index contributed by atoms with van der Waals surface area (Å²) in [6, 6.07) is 0. The van der Waals surface area contributed by atoms with Crippen molar-refractivity contribution in [2.45, 2.75) is 77.1 Å². The Morgan fingerprint density at radius 1 is 1.16 bits per heavy atom. The van der Waals surface area contributed by atoms with Gasteiger partial charge in [-0.3, -0.25) is 0 Å². The summed E-state index contributed by atoms with van der Waals surface area (Å²) in [6.45, 7) is 4.93. The van der Waals surface area contributed by atoms with Crippen LogP contribution in [0.5, 0.6) is 0 Å². The zero-order valence-electron chi connectivity index (χ0n) is 15.5. The number of unbranched alkanes of at least 4 members (excludes halogenated alkanes) is 5. The fourth-order valence-electron chi connectivity index (χ4n) is 2.39. The van der Waals surface area contributed by atoms with Gasteiger partial charge in [0.1, 0.15) is 12.7 Å². The topological polar surface area (TPSA) is 105 Å². The molecule has 0 amide bonds. The number of aliphatic hydroxyl groups is 3. The van der Waals surface area contributed by atoms with E-state index in [1.54, 1.807) is 13.8 Å². The zero-order chi connectivity index (χ0) is 18.9. The van der Waals surface area contributed by atoms with Gasteiger partial charge in [0.05, 0.1) is 18.8 Å². The maximum absolute atomic E-state index is 12.0. The number of esters is 1. The molecule has 1 aliphatic heterocycles. The van der Waals surface area contributed by atoms with Crippen LogP contribution < -0.4 is 0 Å². The van der Waals surface area contributed by atoms with Crippen LogP contribution >= 0.6 is 0 Å². The lowest BCUT2D eigenvalue weighted by molar-refractivity contribution is -0.149. The quantitative estimate of drug-likeness (QED) is 0.339. The lowest BCUT2D eigenvalue weighted by Crippen LogP contribution is -2.34. The van der Waals surface area contributed by atoms with E-state index >= 15 is 0 Å². The summed E-state index contributed by atoms with van der Waals surface area (Å²) >= 11 is 0. The van der Waals surface area contributed by atoms with Crippen LogP contribution in [0, 0.1) is 0 Å². The summed E-state index contributed by atoms with van der Waals surface area (Å²) in [5.41, 5.74) is -1.13. The van der Waals surface area contributed by atoms with Crippen LogP contribution in [0.25, 0.3) is 0 Å². The summed E-state index contributed by atoms with van der Waals surface area (Å²) in [4.78, 5) is 12.0. The third kappa shape index (κ3) is 7.63. The number of aliphatic hydroxyl groups excluding tert-OH is 2. The van der Waals surface area contributed by atoms with Crippen LogP contribution in [0.2, 0.25) is 0 Å². The average molecular weight is 360 g/mol. The van der Waals surface area contributed by atoms with Gasteiger partial charge in [0.15, 0.2) is 11.9 Å². The molecule has 0 aromatic heterocycles. The Labute approximate surface area is 149 Å². The molecule has 0 bridgehead atoms. The van der Waals surface area contributed by atoms with Crippen LogP contribution in [-0.4, -0.2) is 58.9 Å². The smallest absolute Gasteiger partial charge is 0.378 e. The molecule has 0 aromatic carbocycles. The van der Waals surface area contributed by atoms with Gasteiger partial charge in [-0.05, 0) is 20.3 Å². The van der Waals surface area contributed by atoms with Crippen molar-refractivity contribution < 1.29 is 34.3 Å². The molecule has 1 heterocycles. The van der Waals surface area contributed by atoms with Gasteiger partial charge in [-0.15, -0.1) is 0 Å². The minimum Gasteiger partial charge on any atom is -0.487 e. The van der Waals surface area contributed by atoms with Crippen LogP contribution in [0.15, 0.2) is 11.5 Å². The first-order chi connectivity index (χ1) is 11.8. The van der Waals surface area contributed by atoms with E-state index in [1.807, 2.05) is 0 Å². The molecule has 2 atom stereocenters. The third-order valence-corrected chi connectivity index (χ3v) is 3.76. The minimum absolute atomic E-state index is 0.0275. The largest absolute Gasteiger partial charge is 0.487 e. The van der Waals surface area contributed by atoms with Gasteiger partial charge in [-0.2, -0.15) is 0 Å². The van der Waals surface area contributed by atoms with E-state index in [1.165, 1.54) is 19.3 Å². The van der Waals surface area contributed by atoms with Crippen LogP contribution in [-0.2, 0) is 19.0 Å². The van der Waals surface area contributed by atoms with E-state index in [4.69, 9.17) is 19.3 Å². The molecule has 7 heteroatoms. The Balaban J connectivity index is 2.64. The standard InChI is InChI=1S/C18H32O7/c1-4-5-6-7-8-9-10-23-16-15(24-12-18(2,3)22)14(13(20)11-19)25-17(16)21/h13-14,19-20,22H,4-12H2,1-3H3/t13-,14+/m0/s1. The summed E-state index contributed by atoms with van der Waals surface area (Å²) in [5.74, 6) is -0.788. The Morgan fingerprint density at radius 3 is 2.40 bits per heavy atom. The van der Waals surface area contributed by atoms with E-state index in [0.29, 0.717) is 6.61 Å². The van der Waals surface area contributed by atoms with E-state index in [9.17, 15) is 15.0 Å². The summed E-state index contributed by atoms with van der Waals surface area (Å²) in [5, 5.41) is 28.7. The van der Waals surface area contributed by atoms with E-state index in [2.05, 4.69) is 6.92 Å². The van der Waals surface area contributed by atoms with Crippen LogP contribution in [0.4, 0.5) is 0 Å². The first-order valence-corrected chi connectivity index (χ1v) is 9.02. The van der Waals surface area contributed by atoms with Crippen molar-refractivity contribution in [1.82, 2.24) is 0 Å².